The summed E-state index contributed by atoms with van der Waals surface area (Å²) in [5.74, 6) is 2.90. The van der Waals surface area contributed by atoms with Gasteiger partial charge in [-0.3, -0.25) is 9.78 Å². The molecule has 7 nitrogen and oxygen atoms in total. The average Bonchev–Trinajstić information content (AvgIpc) is 2.65. The van der Waals surface area contributed by atoms with Gasteiger partial charge in [0.25, 0.3) is 5.56 Å². The van der Waals surface area contributed by atoms with Gasteiger partial charge < -0.3 is 4.90 Å². The van der Waals surface area contributed by atoms with Gasteiger partial charge in [-0.2, -0.15) is 5.10 Å². The number of hydrogen-bond acceptors (Lipinski definition) is 6. The van der Waals surface area contributed by atoms with Crippen molar-refractivity contribution >= 4 is 5.82 Å². The number of nitrogens with zero attached hydrogens (tertiary/aromatic N) is 6. The van der Waals surface area contributed by atoms with E-state index in [1.807, 2.05) is 24.4 Å². The molecule has 1 saturated carbocycles. The molecule has 2 aliphatic rings. The fraction of sp³-hybridized carbons (Fsp3) is 0.381. The van der Waals surface area contributed by atoms with Crippen LogP contribution in [0.5, 0.6) is 0 Å². The minimum absolute atomic E-state index is 0.0691. The molecule has 1 aliphatic heterocycles. The standard InChI is InChI=1S/C21H22N6O/c28-20-7-6-18(17-5-2-9-22-11-17)25-27(20)14-15-12-26(13-15)19-8-10-23-21(24-19)16-3-1-4-16/h2,5-11,15-16H,1,3-4,12-14H2. The molecule has 0 radical (unpaired) electrons. The highest BCUT2D eigenvalue weighted by molar-refractivity contribution is 5.56. The van der Waals surface area contributed by atoms with Gasteiger partial charge in [0, 0.05) is 55.1 Å². The number of anilines is 1. The van der Waals surface area contributed by atoms with Gasteiger partial charge in [0.05, 0.1) is 12.2 Å². The van der Waals surface area contributed by atoms with E-state index in [0.717, 1.165) is 36.0 Å². The molecule has 0 bridgehead atoms. The predicted octanol–water partition coefficient (Wildman–Crippen LogP) is 2.50. The lowest BCUT2D eigenvalue weighted by Gasteiger charge is -2.40. The van der Waals surface area contributed by atoms with Crippen molar-refractivity contribution < 1.29 is 0 Å². The Hall–Kier alpha value is -3.09. The van der Waals surface area contributed by atoms with Crippen molar-refractivity contribution in [2.24, 2.45) is 5.92 Å². The molecule has 2 fully saturated rings. The van der Waals surface area contributed by atoms with Gasteiger partial charge in [-0.05, 0) is 37.1 Å². The molecule has 0 aromatic carbocycles. The molecular formula is C21H22N6O. The van der Waals surface area contributed by atoms with E-state index in [1.165, 1.54) is 19.3 Å². The lowest BCUT2D eigenvalue weighted by atomic mass is 9.85. The fourth-order valence-electron chi connectivity index (χ4n) is 3.77. The Morgan fingerprint density at radius 2 is 1.96 bits per heavy atom. The van der Waals surface area contributed by atoms with E-state index in [1.54, 1.807) is 29.2 Å². The van der Waals surface area contributed by atoms with Crippen LogP contribution in [0.15, 0.2) is 53.7 Å². The third-order valence-corrected chi connectivity index (χ3v) is 5.67. The molecule has 0 N–H and O–H groups in total. The summed E-state index contributed by atoms with van der Waals surface area (Å²) in [6.45, 7) is 2.38. The second kappa shape index (κ2) is 7.14. The Labute approximate surface area is 163 Å². The molecule has 142 valence electrons. The zero-order valence-electron chi connectivity index (χ0n) is 15.6. The molecule has 7 heteroatoms. The monoisotopic (exact) mass is 374 g/mol. The molecule has 1 aliphatic carbocycles. The third-order valence-electron chi connectivity index (χ3n) is 5.67. The number of pyridine rings is 1. The molecule has 4 heterocycles. The highest BCUT2D eigenvalue weighted by atomic mass is 16.1. The zero-order chi connectivity index (χ0) is 18.9. The van der Waals surface area contributed by atoms with Crippen LogP contribution in [0.1, 0.15) is 31.0 Å². The lowest BCUT2D eigenvalue weighted by molar-refractivity contribution is 0.332. The van der Waals surface area contributed by atoms with Crippen LogP contribution in [0, 0.1) is 5.92 Å². The van der Waals surface area contributed by atoms with Crippen molar-refractivity contribution in [3.63, 3.8) is 0 Å². The van der Waals surface area contributed by atoms with E-state index >= 15 is 0 Å². The summed E-state index contributed by atoms with van der Waals surface area (Å²) in [6.07, 6.45) is 9.04. The number of hydrogen-bond donors (Lipinski definition) is 0. The lowest BCUT2D eigenvalue weighted by Crippen LogP contribution is -2.50. The van der Waals surface area contributed by atoms with Crippen LogP contribution in [-0.2, 0) is 6.54 Å². The zero-order valence-corrected chi connectivity index (χ0v) is 15.6. The van der Waals surface area contributed by atoms with Gasteiger partial charge in [-0.25, -0.2) is 14.6 Å². The van der Waals surface area contributed by atoms with E-state index in [4.69, 9.17) is 4.98 Å². The topological polar surface area (TPSA) is 76.8 Å². The molecule has 28 heavy (non-hydrogen) atoms. The first-order chi connectivity index (χ1) is 13.8. The normalized spacial score (nSPS) is 17.2. The van der Waals surface area contributed by atoms with Gasteiger partial charge in [-0.15, -0.1) is 0 Å². The van der Waals surface area contributed by atoms with E-state index in [9.17, 15) is 4.79 Å². The first-order valence-electron chi connectivity index (χ1n) is 9.83. The van der Waals surface area contributed by atoms with Crippen molar-refractivity contribution in [2.45, 2.75) is 31.7 Å². The van der Waals surface area contributed by atoms with Gasteiger partial charge in [-0.1, -0.05) is 6.42 Å². The third kappa shape index (κ3) is 3.28. The van der Waals surface area contributed by atoms with Crippen LogP contribution in [0.4, 0.5) is 5.82 Å². The van der Waals surface area contributed by atoms with Gasteiger partial charge in [0.2, 0.25) is 0 Å². The molecule has 1 saturated heterocycles. The van der Waals surface area contributed by atoms with Crippen LogP contribution in [0.25, 0.3) is 11.3 Å². The predicted molar refractivity (Wildman–Crippen MR) is 106 cm³/mol. The Morgan fingerprint density at radius 3 is 2.71 bits per heavy atom. The first-order valence-corrected chi connectivity index (χ1v) is 9.83. The minimum atomic E-state index is -0.0691. The first kappa shape index (κ1) is 17.0. The maximum absolute atomic E-state index is 12.2. The van der Waals surface area contributed by atoms with E-state index in [-0.39, 0.29) is 5.56 Å². The Morgan fingerprint density at radius 1 is 1.07 bits per heavy atom. The van der Waals surface area contributed by atoms with E-state index in [0.29, 0.717) is 18.4 Å². The Balaban J connectivity index is 1.26. The smallest absolute Gasteiger partial charge is 0.266 e. The van der Waals surface area contributed by atoms with Gasteiger partial charge in [0.15, 0.2) is 0 Å². The van der Waals surface area contributed by atoms with E-state index < -0.39 is 0 Å². The number of rotatable bonds is 5. The molecule has 0 spiro atoms. The molecular weight excluding hydrogens is 352 g/mol. The molecule has 0 atom stereocenters. The fourth-order valence-corrected chi connectivity index (χ4v) is 3.77. The van der Waals surface area contributed by atoms with Crippen LogP contribution >= 0.6 is 0 Å². The summed E-state index contributed by atoms with van der Waals surface area (Å²) in [5, 5.41) is 4.54. The second-order valence-electron chi connectivity index (χ2n) is 7.65. The molecule has 3 aromatic heterocycles. The van der Waals surface area contributed by atoms with E-state index in [2.05, 4.69) is 20.0 Å². The maximum Gasteiger partial charge on any atom is 0.266 e. The summed E-state index contributed by atoms with van der Waals surface area (Å²) in [7, 11) is 0. The summed E-state index contributed by atoms with van der Waals surface area (Å²) < 4.78 is 1.57. The quantitative estimate of drug-likeness (QED) is 0.683. The maximum atomic E-state index is 12.2. The van der Waals surface area contributed by atoms with Gasteiger partial charge >= 0.3 is 0 Å². The van der Waals surface area contributed by atoms with Crippen LogP contribution in [0.2, 0.25) is 0 Å². The summed E-state index contributed by atoms with van der Waals surface area (Å²) in [6, 6.07) is 9.14. The Kier molecular flexibility index (Phi) is 4.35. The number of aromatic nitrogens is 5. The highest BCUT2D eigenvalue weighted by Gasteiger charge is 2.30. The minimum Gasteiger partial charge on any atom is -0.356 e. The van der Waals surface area contributed by atoms with Crippen molar-refractivity contribution in [2.75, 3.05) is 18.0 Å². The van der Waals surface area contributed by atoms with Crippen LogP contribution in [0.3, 0.4) is 0 Å². The average molecular weight is 374 g/mol. The van der Waals surface area contributed by atoms with Crippen LogP contribution < -0.4 is 10.5 Å². The van der Waals surface area contributed by atoms with Crippen molar-refractivity contribution in [1.82, 2.24) is 24.7 Å². The molecule has 0 unspecified atom stereocenters. The molecule has 0 amide bonds. The Bertz CT molecular complexity index is 1020. The van der Waals surface area contributed by atoms with Crippen LogP contribution in [-0.4, -0.2) is 37.8 Å². The van der Waals surface area contributed by atoms with Crippen molar-refractivity contribution in [3.05, 3.63) is 65.1 Å². The largest absolute Gasteiger partial charge is 0.356 e. The summed E-state index contributed by atoms with van der Waals surface area (Å²) >= 11 is 0. The summed E-state index contributed by atoms with van der Waals surface area (Å²) in [5.41, 5.74) is 1.61. The molecule has 5 rings (SSSR count). The summed E-state index contributed by atoms with van der Waals surface area (Å²) in [4.78, 5) is 27.8. The second-order valence-corrected chi connectivity index (χ2v) is 7.65. The van der Waals surface area contributed by atoms with Gasteiger partial charge in [0.1, 0.15) is 11.6 Å². The SMILES string of the molecule is O=c1ccc(-c2cccnc2)nn1CC1CN(c2ccnc(C3CCC3)n2)C1. The molecule has 3 aromatic rings. The van der Waals surface area contributed by atoms with Crippen molar-refractivity contribution in [1.29, 1.82) is 0 Å². The van der Waals surface area contributed by atoms with Crippen molar-refractivity contribution in [3.8, 4) is 11.3 Å². The highest BCUT2D eigenvalue weighted by Crippen LogP contribution is 2.35.